The van der Waals surface area contributed by atoms with Crippen LogP contribution in [-0.4, -0.2) is 49.4 Å². The number of aryl methyl sites for hydroxylation is 2. The number of hydrogen-bond donors (Lipinski definition) is 2. The Labute approximate surface area is 196 Å². The van der Waals surface area contributed by atoms with Crippen LogP contribution in [0.3, 0.4) is 0 Å². The van der Waals surface area contributed by atoms with Crippen molar-refractivity contribution in [3.8, 4) is 27.8 Å². The molecule has 33 heavy (non-hydrogen) atoms. The fourth-order valence-electron chi connectivity index (χ4n) is 3.26. The van der Waals surface area contributed by atoms with Crippen LogP contribution in [0.15, 0.2) is 30.3 Å². The highest BCUT2D eigenvalue weighted by molar-refractivity contribution is 7.18. The van der Waals surface area contributed by atoms with Crippen molar-refractivity contribution in [1.82, 2.24) is 15.5 Å². The molecule has 0 spiro atoms. The molecule has 2 N–H and O–H groups in total. The molecule has 2 amide bonds. The Morgan fingerprint density at radius 1 is 0.909 bits per heavy atom. The number of carbonyl (C=O) groups is 2. The van der Waals surface area contributed by atoms with E-state index in [1.54, 1.807) is 6.92 Å². The highest BCUT2D eigenvalue weighted by Crippen LogP contribution is 2.38. The summed E-state index contributed by atoms with van der Waals surface area (Å²) in [4.78, 5) is 25.4. The summed E-state index contributed by atoms with van der Waals surface area (Å²) < 4.78 is 15.8. The summed E-state index contributed by atoms with van der Waals surface area (Å²) in [6.07, 6.45) is 0. The number of nitrogens with zero attached hydrogens (tertiary/aromatic N) is 2. The van der Waals surface area contributed by atoms with Gasteiger partial charge in [0.15, 0.2) is 11.5 Å². The molecule has 0 saturated carbocycles. The maximum absolute atomic E-state index is 12.7. The highest BCUT2D eigenvalue weighted by atomic mass is 32.1. The molecule has 0 aliphatic carbocycles. The highest BCUT2D eigenvalue weighted by Gasteiger charge is 2.21. The molecule has 174 valence electrons. The lowest BCUT2D eigenvalue weighted by molar-refractivity contribution is -0.117. The number of ether oxygens (including phenoxy) is 3. The van der Waals surface area contributed by atoms with Gasteiger partial charge in [0, 0.05) is 11.1 Å². The lowest BCUT2D eigenvalue weighted by Crippen LogP contribution is -2.41. The summed E-state index contributed by atoms with van der Waals surface area (Å²) >= 11 is 1.26. The number of carbonyl (C=O) groups excluding carboxylic acids is 2. The molecule has 2 aromatic carbocycles. The molecule has 0 aliphatic rings. The van der Waals surface area contributed by atoms with Crippen LogP contribution in [-0.2, 0) is 4.79 Å². The standard InChI is InChI=1S/C23H26N4O5S/c1-12-7-13(2)9-16(8-12)22-26-27-23(33-22)25-20(28)14(3)24-21(29)15-10-17(30-4)19(32-6)18(11-15)31-5/h7-11,14H,1-6H3,(H,24,29)(H,25,27,28). The summed E-state index contributed by atoms with van der Waals surface area (Å²) in [7, 11) is 4.40. The number of anilines is 1. The third-order valence-corrected chi connectivity index (χ3v) is 5.68. The van der Waals surface area contributed by atoms with Crippen molar-refractivity contribution in [3.05, 3.63) is 47.0 Å². The van der Waals surface area contributed by atoms with Crippen molar-refractivity contribution in [2.45, 2.75) is 26.8 Å². The Bertz CT molecular complexity index is 1130. The van der Waals surface area contributed by atoms with E-state index < -0.39 is 17.9 Å². The Hall–Kier alpha value is -3.66. The van der Waals surface area contributed by atoms with Crippen LogP contribution in [0.2, 0.25) is 0 Å². The molecule has 9 nitrogen and oxygen atoms in total. The van der Waals surface area contributed by atoms with Gasteiger partial charge in [0.05, 0.1) is 21.3 Å². The zero-order valence-electron chi connectivity index (χ0n) is 19.3. The average molecular weight is 471 g/mol. The fraction of sp³-hybridized carbons (Fsp3) is 0.304. The van der Waals surface area contributed by atoms with Gasteiger partial charge in [-0.3, -0.25) is 14.9 Å². The lowest BCUT2D eigenvalue weighted by atomic mass is 10.1. The second-order valence-corrected chi connectivity index (χ2v) is 8.36. The summed E-state index contributed by atoms with van der Waals surface area (Å²) in [5, 5.41) is 14.6. The van der Waals surface area contributed by atoms with Crippen LogP contribution in [0, 0.1) is 13.8 Å². The smallest absolute Gasteiger partial charge is 0.252 e. The zero-order chi connectivity index (χ0) is 24.1. The third kappa shape index (κ3) is 5.58. The quantitative estimate of drug-likeness (QED) is 0.517. The maximum atomic E-state index is 12.7. The normalized spacial score (nSPS) is 11.5. The van der Waals surface area contributed by atoms with Gasteiger partial charge in [0.2, 0.25) is 16.8 Å². The van der Waals surface area contributed by atoms with E-state index in [0.717, 1.165) is 16.7 Å². The number of aromatic nitrogens is 2. The predicted octanol–water partition coefficient (Wildman–Crippen LogP) is 3.60. The SMILES string of the molecule is COc1cc(C(=O)NC(C)C(=O)Nc2nnc(-c3cc(C)cc(C)c3)s2)cc(OC)c1OC. The van der Waals surface area contributed by atoms with Gasteiger partial charge in [-0.05, 0) is 45.0 Å². The fourth-order valence-corrected chi connectivity index (χ4v) is 3.99. The molecular weight excluding hydrogens is 444 g/mol. The van der Waals surface area contributed by atoms with E-state index in [1.165, 1.54) is 44.8 Å². The Morgan fingerprint density at radius 2 is 1.52 bits per heavy atom. The van der Waals surface area contributed by atoms with Crippen LogP contribution >= 0.6 is 11.3 Å². The molecule has 3 aromatic rings. The van der Waals surface area contributed by atoms with Crippen LogP contribution in [0.25, 0.3) is 10.6 Å². The largest absolute Gasteiger partial charge is 0.493 e. The lowest BCUT2D eigenvalue weighted by Gasteiger charge is -2.16. The van der Waals surface area contributed by atoms with E-state index >= 15 is 0 Å². The minimum atomic E-state index is -0.829. The van der Waals surface area contributed by atoms with Crippen molar-refractivity contribution in [1.29, 1.82) is 0 Å². The van der Waals surface area contributed by atoms with Gasteiger partial charge in [0.25, 0.3) is 5.91 Å². The molecule has 0 aliphatic heterocycles. The van der Waals surface area contributed by atoms with Crippen LogP contribution in [0.4, 0.5) is 5.13 Å². The number of hydrogen-bond acceptors (Lipinski definition) is 8. The first-order valence-corrected chi connectivity index (χ1v) is 10.9. The topological polar surface area (TPSA) is 112 Å². The minimum Gasteiger partial charge on any atom is -0.493 e. The van der Waals surface area contributed by atoms with Gasteiger partial charge in [0.1, 0.15) is 11.0 Å². The Balaban J connectivity index is 1.69. The predicted molar refractivity (Wildman–Crippen MR) is 126 cm³/mol. The molecule has 1 atom stereocenters. The third-order valence-electron chi connectivity index (χ3n) is 4.79. The van der Waals surface area contributed by atoms with Gasteiger partial charge in [-0.25, -0.2) is 0 Å². The molecule has 0 fully saturated rings. The van der Waals surface area contributed by atoms with E-state index in [9.17, 15) is 9.59 Å². The first kappa shape index (κ1) is 24.0. The molecule has 1 heterocycles. The van der Waals surface area contributed by atoms with Crippen molar-refractivity contribution in [2.24, 2.45) is 0 Å². The van der Waals surface area contributed by atoms with Gasteiger partial charge in [-0.2, -0.15) is 0 Å². The maximum Gasteiger partial charge on any atom is 0.252 e. The summed E-state index contributed by atoms with van der Waals surface area (Å²) in [6.45, 7) is 5.61. The summed E-state index contributed by atoms with van der Waals surface area (Å²) in [6, 6.07) is 8.31. The average Bonchev–Trinajstić information content (AvgIpc) is 3.25. The van der Waals surface area contributed by atoms with Gasteiger partial charge in [-0.15, -0.1) is 10.2 Å². The van der Waals surface area contributed by atoms with Crippen molar-refractivity contribution < 1.29 is 23.8 Å². The van der Waals surface area contributed by atoms with Crippen LogP contribution in [0.1, 0.15) is 28.4 Å². The molecule has 1 aromatic heterocycles. The Kier molecular flexibility index (Phi) is 7.49. The van der Waals surface area contributed by atoms with E-state index in [2.05, 4.69) is 26.9 Å². The molecule has 10 heteroatoms. The first-order valence-electron chi connectivity index (χ1n) is 10.1. The van der Waals surface area contributed by atoms with E-state index in [0.29, 0.717) is 27.4 Å². The monoisotopic (exact) mass is 470 g/mol. The van der Waals surface area contributed by atoms with Crippen LogP contribution in [0.5, 0.6) is 17.2 Å². The van der Waals surface area contributed by atoms with E-state index in [4.69, 9.17) is 14.2 Å². The zero-order valence-corrected chi connectivity index (χ0v) is 20.1. The Morgan fingerprint density at radius 3 is 2.06 bits per heavy atom. The molecule has 0 radical (unpaired) electrons. The molecule has 0 saturated heterocycles. The number of benzene rings is 2. The first-order chi connectivity index (χ1) is 15.7. The van der Waals surface area contributed by atoms with E-state index in [-0.39, 0.29) is 5.56 Å². The van der Waals surface area contributed by atoms with Gasteiger partial charge >= 0.3 is 0 Å². The molecule has 0 bridgehead atoms. The number of nitrogens with one attached hydrogen (secondary N) is 2. The summed E-state index contributed by atoms with van der Waals surface area (Å²) in [5.74, 6) is 0.168. The van der Waals surface area contributed by atoms with Crippen LogP contribution < -0.4 is 24.8 Å². The van der Waals surface area contributed by atoms with Crippen molar-refractivity contribution in [3.63, 3.8) is 0 Å². The molecular formula is C23H26N4O5S. The molecule has 3 rings (SSSR count). The van der Waals surface area contributed by atoms with Crippen molar-refractivity contribution in [2.75, 3.05) is 26.6 Å². The van der Waals surface area contributed by atoms with Gasteiger partial charge < -0.3 is 19.5 Å². The minimum absolute atomic E-state index is 0.261. The number of rotatable bonds is 8. The molecule has 1 unspecified atom stereocenters. The van der Waals surface area contributed by atoms with E-state index in [1.807, 2.05) is 26.0 Å². The van der Waals surface area contributed by atoms with Crippen molar-refractivity contribution >= 4 is 28.3 Å². The number of amides is 2. The second kappa shape index (κ2) is 10.3. The number of methoxy groups -OCH3 is 3. The second-order valence-electron chi connectivity index (χ2n) is 7.39. The van der Waals surface area contributed by atoms with Gasteiger partial charge in [-0.1, -0.05) is 28.5 Å². The summed E-state index contributed by atoms with van der Waals surface area (Å²) in [5.41, 5.74) is 3.44.